The molecule has 120 valence electrons. The number of amides is 1. The SMILES string of the molecule is O=C(c1ccc(CNc2ccnc(Cl)c2)cc1)N1CCCCC1. The van der Waals surface area contributed by atoms with Crippen LogP contribution in [-0.4, -0.2) is 28.9 Å². The Morgan fingerprint density at radius 2 is 1.87 bits per heavy atom. The molecule has 2 aromatic rings. The molecule has 1 saturated heterocycles. The molecule has 5 heteroatoms. The molecule has 1 aromatic carbocycles. The molecule has 0 spiro atoms. The minimum absolute atomic E-state index is 0.144. The second-order valence-corrected chi connectivity index (χ2v) is 6.16. The fraction of sp³-hybridized carbons (Fsp3) is 0.333. The van der Waals surface area contributed by atoms with Crippen molar-refractivity contribution >= 4 is 23.2 Å². The van der Waals surface area contributed by atoms with Gasteiger partial charge in [-0.2, -0.15) is 0 Å². The molecule has 23 heavy (non-hydrogen) atoms. The molecule has 0 radical (unpaired) electrons. The predicted molar refractivity (Wildman–Crippen MR) is 92.8 cm³/mol. The van der Waals surface area contributed by atoms with Gasteiger partial charge in [-0.15, -0.1) is 0 Å². The molecule has 0 aliphatic carbocycles. The molecule has 1 aliphatic rings. The van der Waals surface area contributed by atoms with Crippen molar-refractivity contribution in [2.45, 2.75) is 25.8 Å². The highest BCUT2D eigenvalue weighted by Gasteiger charge is 2.17. The molecule has 1 N–H and O–H groups in total. The summed E-state index contributed by atoms with van der Waals surface area (Å²) in [6.45, 7) is 2.44. The lowest BCUT2D eigenvalue weighted by Gasteiger charge is -2.26. The van der Waals surface area contributed by atoms with Gasteiger partial charge in [0.15, 0.2) is 0 Å². The highest BCUT2D eigenvalue weighted by atomic mass is 35.5. The number of pyridine rings is 1. The number of nitrogens with zero attached hydrogens (tertiary/aromatic N) is 2. The van der Waals surface area contributed by atoms with Crippen LogP contribution >= 0.6 is 11.6 Å². The molecule has 0 unspecified atom stereocenters. The zero-order valence-corrected chi connectivity index (χ0v) is 13.7. The molecule has 0 saturated carbocycles. The van der Waals surface area contributed by atoms with Gasteiger partial charge >= 0.3 is 0 Å². The van der Waals surface area contributed by atoms with Gasteiger partial charge in [-0.1, -0.05) is 23.7 Å². The summed E-state index contributed by atoms with van der Waals surface area (Å²) >= 11 is 5.86. The summed E-state index contributed by atoms with van der Waals surface area (Å²) in [6, 6.07) is 11.5. The maximum Gasteiger partial charge on any atom is 0.253 e. The number of carbonyl (C=O) groups excluding carboxylic acids is 1. The largest absolute Gasteiger partial charge is 0.381 e. The van der Waals surface area contributed by atoms with Crippen molar-refractivity contribution in [3.8, 4) is 0 Å². The van der Waals surface area contributed by atoms with Gasteiger partial charge in [-0.3, -0.25) is 4.79 Å². The highest BCUT2D eigenvalue weighted by molar-refractivity contribution is 6.29. The molecule has 1 aromatic heterocycles. The zero-order chi connectivity index (χ0) is 16.1. The standard InChI is InChI=1S/C18H20ClN3O/c19-17-12-16(8-9-20-17)21-13-14-4-6-15(7-5-14)18(23)22-10-2-1-3-11-22/h4-9,12H,1-3,10-11,13H2,(H,20,21). The van der Waals surface area contributed by atoms with Crippen LogP contribution in [-0.2, 0) is 6.54 Å². The van der Waals surface area contributed by atoms with E-state index in [9.17, 15) is 4.79 Å². The number of nitrogens with one attached hydrogen (secondary N) is 1. The first kappa shape index (κ1) is 15.8. The maximum atomic E-state index is 12.4. The Morgan fingerprint density at radius 1 is 1.13 bits per heavy atom. The average Bonchev–Trinajstić information content (AvgIpc) is 2.61. The minimum Gasteiger partial charge on any atom is -0.381 e. The number of likely N-dealkylation sites (tertiary alicyclic amines) is 1. The first-order valence-electron chi connectivity index (χ1n) is 7.96. The molecule has 1 aliphatic heterocycles. The fourth-order valence-electron chi connectivity index (χ4n) is 2.76. The monoisotopic (exact) mass is 329 g/mol. The summed E-state index contributed by atoms with van der Waals surface area (Å²) < 4.78 is 0. The molecule has 1 amide bonds. The number of anilines is 1. The van der Waals surface area contributed by atoms with Crippen molar-refractivity contribution in [3.05, 3.63) is 58.9 Å². The van der Waals surface area contributed by atoms with E-state index in [-0.39, 0.29) is 5.91 Å². The van der Waals surface area contributed by atoms with Gasteiger partial charge in [0.2, 0.25) is 0 Å². The molecule has 1 fully saturated rings. The van der Waals surface area contributed by atoms with Crippen molar-refractivity contribution in [1.82, 2.24) is 9.88 Å². The first-order chi connectivity index (χ1) is 11.2. The Hall–Kier alpha value is -2.07. The fourth-order valence-corrected chi connectivity index (χ4v) is 2.94. The lowest BCUT2D eigenvalue weighted by atomic mass is 10.1. The maximum absolute atomic E-state index is 12.4. The second-order valence-electron chi connectivity index (χ2n) is 5.77. The number of benzene rings is 1. The molecular weight excluding hydrogens is 310 g/mol. The topological polar surface area (TPSA) is 45.2 Å². The minimum atomic E-state index is 0.144. The lowest BCUT2D eigenvalue weighted by Crippen LogP contribution is -2.35. The normalized spacial score (nSPS) is 14.6. The van der Waals surface area contributed by atoms with E-state index < -0.39 is 0 Å². The molecule has 0 bridgehead atoms. The smallest absolute Gasteiger partial charge is 0.253 e. The van der Waals surface area contributed by atoms with Crippen molar-refractivity contribution in [2.24, 2.45) is 0 Å². The van der Waals surface area contributed by atoms with E-state index in [0.29, 0.717) is 11.7 Å². The number of carbonyl (C=O) groups is 1. The molecule has 0 atom stereocenters. The summed E-state index contributed by atoms with van der Waals surface area (Å²) in [7, 11) is 0. The quantitative estimate of drug-likeness (QED) is 0.863. The van der Waals surface area contributed by atoms with Crippen LogP contribution in [0.1, 0.15) is 35.2 Å². The number of rotatable bonds is 4. The van der Waals surface area contributed by atoms with Gasteiger partial charge in [-0.25, -0.2) is 4.98 Å². The Balaban J connectivity index is 1.59. The predicted octanol–water partition coefficient (Wildman–Crippen LogP) is 3.97. The average molecular weight is 330 g/mol. The van der Waals surface area contributed by atoms with Crippen LogP contribution in [0, 0.1) is 0 Å². The Morgan fingerprint density at radius 3 is 2.57 bits per heavy atom. The van der Waals surface area contributed by atoms with Gasteiger partial charge in [-0.05, 0) is 49.1 Å². The van der Waals surface area contributed by atoms with Gasteiger partial charge < -0.3 is 10.2 Å². The van der Waals surface area contributed by atoms with E-state index in [1.165, 1.54) is 6.42 Å². The number of piperidine rings is 1. The Bertz CT molecular complexity index is 666. The Labute approximate surface area is 141 Å². The first-order valence-corrected chi connectivity index (χ1v) is 8.34. The number of aromatic nitrogens is 1. The Kier molecular flexibility index (Phi) is 5.13. The zero-order valence-electron chi connectivity index (χ0n) is 13.0. The van der Waals surface area contributed by atoms with Crippen LogP contribution in [0.4, 0.5) is 5.69 Å². The third-order valence-corrected chi connectivity index (χ3v) is 4.27. The van der Waals surface area contributed by atoms with Crippen LogP contribution in [0.5, 0.6) is 0 Å². The third kappa shape index (κ3) is 4.23. The molecular formula is C18H20ClN3O. The van der Waals surface area contributed by atoms with Crippen molar-refractivity contribution < 1.29 is 4.79 Å². The van der Waals surface area contributed by atoms with Crippen LogP contribution in [0.3, 0.4) is 0 Å². The van der Waals surface area contributed by atoms with E-state index >= 15 is 0 Å². The van der Waals surface area contributed by atoms with Crippen LogP contribution in [0.2, 0.25) is 5.15 Å². The lowest BCUT2D eigenvalue weighted by molar-refractivity contribution is 0.0724. The summed E-state index contributed by atoms with van der Waals surface area (Å²) in [6.07, 6.45) is 5.13. The van der Waals surface area contributed by atoms with E-state index in [1.807, 2.05) is 35.2 Å². The number of halogens is 1. The van der Waals surface area contributed by atoms with E-state index in [0.717, 1.165) is 42.7 Å². The number of hydrogen-bond donors (Lipinski definition) is 1. The van der Waals surface area contributed by atoms with Gasteiger partial charge in [0.05, 0.1) is 0 Å². The third-order valence-electron chi connectivity index (χ3n) is 4.07. The van der Waals surface area contributed by atoms with E-state index in [2.05, 4.69) is 10.3 Å². The van der Waals surface area contributed by atoms with E-state index in [1.54, 1.807) is 12.3 Å². The summed E-state index contributed by atoms with van der Waals surface area (Å²) in [5.41, 5.74) is 2.81. The van der Waals surface area contributed by atoms with Gasteiger partial charge in [0.25, 0.3) is 5.91 Å². The molecule has 3 rings (SSSR count). The highest BCUT2D eigenvalue weighted by Crippen LogP contribution is 2.16. The summed E-state index contributed by atoms with van der Waals surface area (Å²) in [4.78, 5) is 18.3. The summed E-state index contributed by atoms with van der Waals surface area (Å²) in [5, 5.41) is 3.76. The van der Waals surface area contributed by atoms with Crippen LogP contribution < -0.4 is 5.32 Å². The van der Waals surface area contributed by atoms with Crippen LogP contribution in [0.15, 0.2) is 42.6 Å². The van der Waals surface area contributed by atoms with E-state index in [4.69, 9.17) is 11.6 Å². The van der Waals surface area contributed by atoms with Crippen molar-refractivity contribution in [1.29, 1.82) is 0 Å². The molecule has 4 nitrogen and oxygen atoms in total. The van der Waals surface area contributed by atoms with Crippen molar-refractivity contribution in [2.75, 3.05) is 18.4 Å². The second kappa shape index (κ2) is 7.47. The van der Waals surface area contributed by atoms with Crippen molar-refractivity contribution in [3.63, 3.8) is 0 Å². The number of hydrogen-bond acceptors (Lipinski definition) is 3. The van der Waals surface area contributed by atoms with Gasteiger partial charge in [0, 0.05) is 37.1 Å². The molecule has 2 heterocycles. The van der Waals surface area contributed by atoms with Crippen LogP contribution in [0.25, 0.3) is 0 Å². The summed E-state index contributed by atoms with van der Waals surface area (Å²) in [5.74, 6) is 0.144. The van der Waals surface area contributed by atoms with Gasteiger partial charge in [0.1, 0.15) is 5.15 Å².